The summed E-state index contributed by atoms with van der Waals surface area (Å²) in [5, 5.41) is 9.85. The molecule has 35 heavy (non-hydrogen) atoms. The molecule has 0 unspecified atom stereocenters. The Morgan fingerprint density at radius 3 is 2.63 bits per heavy atom. The highest BCUT2D eigenvalue weighted by atomic mass is 32.2. The lowest BCUT2D eigenvalue weighted by Gasteiger charge is -2.37. The molecule has 1 aliphatic heterocycles. The molecule has 2 aliphatic rings. The Kier molecular flexibility index (Phi) is 8.32. The molecule has 1 aliphatic carbocycles. The van der Waals surface area contributed by atoms with E-state index in [4.69, 9.17) is 4.74 Å². The van der Waals surface area contributed by atoms with Gasteiger partial charge in [0.05, 0.1) is 6.61 Å². The van der Waals surface area contributed by atoms with Gasteiger partial charge in [0.2, 0.25) is 10.0 Å². The van der Waals surface area contributed by atoms with Crippen LogP contribution in [0.1, 0.15) is 50.7 Å². The Hall–Kier alpha value is -2.19. The van der Waals surface area contributed by atoms with Crippen molar-refractivity contribution in [1.82, 2.24) is 9.21 Å². The molecule has 4 rings (SSSR count). The van der Waals surface area contributed by atoms with Gasteiger partial charge in [-0.25, -0.2) is 8.42 Å². The maximum atomic E-state index is 13.7. The lowest BCUT2D eigenvalue weighted by atomic mass is 9.93. The largest absolute Gasteiger partial charge is 0.487 e. The topological polar surface area (TPSA) is 70.1 Å². The third kappa shape index (κ3) is 5.97. The molecule has 0 amide bonds. The van der Waals surface area contributed by atoms with Crippen LogP contribution in [0.3, 0.4) is 0 Å². The van der Waals surface area contributed by atoms with Crippen LogP contribution in [0.4, 0.5) is 0 Å². The SMILES string of the molecule is C[C@H]1CN([C@@H](C)CO)S(=O)(=O)c2ccc(C3=CCCCC3)cc2O[C@@H]1CN(C)Cc1ccccc1. The van der Waals surface area contributed by atoms with Crippen LogP contribution < -0.4 is 4.74 Å². The Balaban J connectivity index is 1.69. The fraction of sp³-hybridized carbons (Fsp3) is 0.500. The minimum atomic E-state index is -3.82. The summed E-state index contributed by atoms with van der Waals surface area (Å²) in [5.41, 5.74) is 3.51. The third-order valence-corrected chi connectivity index (χ3v) is 9.14. The lowest BCUT2D eigenvalue weighted by molar-refractivity contribution is 0.0733. The van der Waals surface area contributed by atoms with E-state index in [1.165, 1.54) is 21.9 Å². The molecule has 1 heterocycles. The maximum Gasteiger partial charge on any atom is 0.247 e. The van der Waals surface area contributed by atoms with Crippen LogP contribution in [0.5, 0.6) is 5.75 Å². The number of ether oxygens (including phenoxy) is 1. The molecule has 0 saturated heterocycles. The van der Waals surface area contributed by atoms with Crippen molar-refractivity contribution >= 4 is 15.6 Å². The predicted octanol–water partition coefficient (Wildman–Crippen LogP) is 4.54. The third-order valence-electron chi connectivity index (χ3n) is 7.12. The highest BCUT2D eigenvalue weighted by molar-refractivity contribution is 7.89. The highest BCUT2D eigenvalue weighted by Crippen LogP contribution is 2.37. The Labute approximate surface area is 210 Å². The van der Waals surface area contributed by atoms with Gasteiger partial charge in [0.15, 0.2) is 0 Å². The van der Waals surface area contributed by atoms with E-state index in [1.807, 2.05) is 37.3 Å². The molecule has 0 radical (unpaired) electrons. The average molecular weight is 499 g/mol. The first-order valence-electron chi connectivity index (χ1n) is 12.6. The van der Waals surface area contributed by atoms with Crippen molar-refractivity contribution in [2.75, 3.05) is 26.7 Å². The first-order valence-corrected chi connectivity index (χ1v) is 14.1. The summed E-state index contributed by atoms with van der Waals surface area (Å²) in [6, 6.07) is 15.3. The van der Waals surface area contributed by atoms with Crippen LogP contribution in [0.25, 0.3) is 5.57 Å². The van der Waals surface area contributed by atoms with E-state index < -0.39 is 16.1 Å². The number of sulfonamides is 1. The van der Waals surface area contributed by atoms with Gasteiger partial charge < -0.3 is 9.84 Å². The van der Waals surface area contributed by atoms with Crippen molar-refractivity contribution in [2.45, 2.75) is 63.1 Å². The zero-order chi connectivity index (χ0) is 25.0. The van der Waals surface area contributed by atoms with Gasteiger partial charge in [-0.15, -0.1) is 0 Å². The number of allylic oxidation sites excluding steroid dienone is 2. The Bertz CT molecular complexity index is 1130. The number of hydrogen-bond donors (Lipinski definition) is 1. The van der Waals surface area contributed by atoms with E-state index in [0.29, 0.717) is 18.8 Å². The molecule has 6 nitrogen and oxygen atoms in total. The number of aliphatic hydroxyl groups is 1. The first-order chi connectivity index (χ1) is 16.8. The van der Waals surface area contributed by atoms with Crippen molar-refractivity contribution in [1.29, 1.82) is 0 Å². The summed E-state index contributed by atoms with van der Waals surface area (Å²) in [6.45, 7) is 5.29. The summed E-state index contributed by atoms with van der Waals surface area (Å²) < 4.78 is 35.4. The number of hydrogen-bond acceptors (Lipinski definition) is 5. The molecule has 0 saturated carbocycles. The molecule has 0 aromatic heterocycles. The molecule has 0 spiro atoms. The van der Waals surface area contributed by atoms with Crippen molar-refractivity contribution < 1.29 is 18.3 Å². The fourth-order valence-corrected chi connectivity index (χ4v) is 6.84. The van der Waals surface area contributed by atoms with E-state index >= 15 is 0 Å². The van der Waals surface area contributed by atoms with Gasteiger partial charge in [-0.2, -0.15) is 4.31 Å². The number of aliphatic hydroxyl groups excluding tert-OH is 1. The van der Waals surface area contributed by atoms with Crippen LogP contribution in [0, 0.1) is 5.92 Å². The number of likely N-dealkylation sites (N-methyl/N-ethyl adjacent to an activating group) is 1. The minimum Gasteiger partial charge on any atom is -0.487 e. The first kappa shape index (κ1) is 25.9. The van der Waals surface area contributed by atoms with Crippen LogP contribution in [-0.2, 0) is 16.6 Å². The molecule has 1 N–H and O–H groups in total. The van der Waals surface area contributed by atoms with E-state index in [1.54, 1.807) is 13.0 Å². The van der Waals surface area contributed by atoms with Gasteiger partial charge in [-0.1, -0.05) is 49.4 Å². The summed E-state index contributed by atoms with van der Waals surface area (Å²) in [7, 11) is -1.75. The number of nitrogens with zero attached hydrogens (tertiary/aromatic N) is 2. The van der Waals surface area contributed by atoms with Gasteiger partial charge >= 0.3 is 0 Å². The monoisotopic (exact) mass is 498 g/mol. The van der Waals surface area contributed by atoms with Gasteiger partial charge in [-0.3, -0.25) is 4.90 Å². The van der Waals surface area contributed by atoms with Gasteiger partial charge in [-0.05, 0) is 68.5 Å². The smallest absolute Gasteiger partial charge is 0.247 e. The van der Waals surface area contributed by atoms with Gasteiger partial charge in [0.1, 0.15) is 16.7 Å². The van der Waals surface area contributed by atoms with E-state index in [0.717, 1.165) is 31.4 Å². The summed E-state index contributed by atoms with van der Waals surface area (Å²) >= 11 is 0. The fourth-order valence-electron chi connectivity index (χ4n) is 5.01. The van der Waals surface area contributed by atoms with Crippen LogP contribution in [-0.4, -0.2) is 61.6 Å². The second-order valence-electron chi connectivity index (χ2n) is 10.1. The molecular formula is C28H38N2O4S. The zero-order valence-corrected chi connectivity index (χ0v) is 21.9. The van der Waals surface area contributed by atoms with Gasteiger partial charge in [0.25, 0.3) is 0 Å². The molecule has 2 aromatic rings. The van der Waals surface area contributed by atoms with E-state index in [-0.39, 0.29) is 23.5 Å². The van der Waals surface area contributed by atoms with Crippen LogP contribution >= 0.6 is 0 Å². The quantitative estimate of drug-likeness (QED) is 0.607. The molecule has 3 atom stereocenters. The summed E-state index contributed by atoms with van der Waals surface area (Å²) in [5.74, 6) is 0.344. The molecule has 2 aromatic carbocycles. The minimum absolute atomic E-state index is 0.0669. The molecule has 7 heteroatoms. The van der Waals surface area contributed by atoms with Crippen molar-refractivity contribution in [3.63, 3.8) is 0 Å². The molecular weight excluding hydrogens is 460 g/mol. The molecule has 190 valence electrons. The number of benzene rings is 2. The van der Waals surface area contributed by atoms with Crippen LogP contribution in [0.15, 0.2) is 59.5 Å². The molecule has 0 bridgehead atoms. The van der Waals surface area contributed by atoms with Crippen molar-refractivity contribution in [3.05, 3.63) is 65.7 Å². The van der Waals surface area contributed by atoms with E-state index in [9.17, 15) is 13.5 Å². The van der Waals surface area contributed by atoms with Gasteiger partial charge in [0, 0.05) is 31.6 Å². The lowest BCUT2D eigenvalue weighted by Crippen LogP contribution is -2.49. The predicted molar refractivity (Wildman–Crippen MR) is 140 cm³/mol. The average Bonchev–Trinajstić information content (AvgIpc) is 2.86. The van der Waals surface area contributed by atoms with Crippen molar-refractivity contribution in [3.8, 4) is 5.75 Å². The van der Waals surface area contributed by atoms with Crippen molar-refractivity contribution in [2.24, 2.45) is 5.92 Å². The van der Waals surface area contributed by atoms with Crippen LogP contribution in [0.2, 0.25) is 0 Å². The Morgan fingerprint density at radius 2 is 1.94 bits per heavy atom. The second kappa shape index (κ2) is 11.2. The zero-order valence-electron chi connectivity index (χ0n) is 21.1. The molecule has 0 fully saturated rings. The standard InChI is InChI=1S/C28H38N2O4S/c1-21-17-30(22(2)20-31)35(32,33)28-15-14-25(24-12-8-5-9-13-24)16-26(28)34-27(21)19-29(3)18-23-10-6-4-7-11-23/h4,6-7,10-12,14-16,21-22,27,31H,5,8-9,13,17-20H2,1-3H3/t21-,22-,27+/m0/s1. The normalized spacial score (nSPS) is 23.5. The maximum absolute atomic E-state index is 13.7. The summed E-state index contributed by atoms with van der Waals surface area (Å²) in [6.07, 6.45) is 6.45. The summed E-state index contributed by atoms with van der Waals surface area (Å²) in [4.78, 5) is 2.40. The second-order valence-corrected chi connectivity index (χ2v) is 11.9. The highest BCUT2D eigenvalue weighted by Gasteiger charge is 2.38. The number of rotatable bonds is 7. The number of fused-ring (bicyclic) bond motifs is 1. The van der Waals surface area contributed by atoms with E-state index in [2.05, 4.69) is 30.2 Å². The Morgan fingerprint density at radius 1 is 1.17 bits per heavy atom.